The summed E-state index contributed by atoms with van der Waals surface area (Å²) in [5.41, 5.74) is 0.752. The second-order valence-electron chi connectivity index (χ2n) is 6.36. The quantitative estimate of drug-likeness (QED) is 0.824. The van der Waals surface area contributed by atoms with Crippen molar-refractivity contribution in [3.05, 3.63) is 59.6 Å². The largest absolute Gasteiger partial charge is 0.484 e. The van der Waals surface area contributed by atoms with E-state index < -0.39 is 0 Å². The van der Waals surface area contributed by atoms with E-state index in [0.717, 1.165) is 18.5 Å². The molecule has 0 unspecified atom stereocenters. The number of piperidine rings is 1. The minimum absolute atomic E-state index is 0.00573. The summed E-state index contributed by atoms with van der Waals surface area (Å²) in [4.78, 5) is 26.1. The molecular formula is C20H22ClN3O3. The Labute approximate surface area is 163 Å². The zero-order chi connectivity index (χ0) is 19.1. The van der Waals surface area contributed by atoms with Gasteiger partial charge >= 0.3 is 6.03 Å². The van der Waals surface area contributed by atoms with Crippen LogP contribution in [0.1, 0.15) is 12.8 Å². The Bertz CT molecular complexity index is 760. The third kappa shape index (κ3) is 5.89. The number of rotatable bonds is 5. The summed E-state index contributed by atoms with van der Waals surface area (Å²) in [5.74, 6) is 0.555. The van der Waals surface area contributed by atoms with E-state index in [-0.39, 0.29) is 24.6 Å². The maximum absolute atomic E-state index is 12.3. The van der Waals surface area contributed by atoms with Crippen LogP contribution < -0.4 is 15.4 Å². The minimum Gasteiger partial charge on any atom is -0.484 e. The van der Waals surface area contributed by atoms with Crippen molar-refractivity contribution in [3.63, 3.8) is 0 Å². The van der Waals surface area contributed by atoms with Gasteiger partial charge in [-0.1, -0.05) is 29.8 Å². The average Bonchev–Trinajstić information content (AvgIpc) is 2.68. The van der Waals surface area contributed by atoms with Crippen LogP contribution in [0.4, 0.5) is 10.5 Å². The van der Waals surface area contributed by atoms with E-state index in [2.05, 4.69) is 10.6 Å². The molecule has 2 aromatic carbocycles. The summed E-state index contributed by atoms with van der Waals surface area (Å²) >= 11 is 5.83. The Morgan fingerprint density at radius 3 is 2.37 bits per heavy atom. The number of hydrogen-bond acceptors (Lipinski definition) is 3. The molecule has 142 valence electrons. The number of ether oxygens (including phenoxy) is 1. The minimum atomic E-state index is -0.225. The van der Waals surface area contributed by atoms with E-state index in [9.17, 15) is 9.59 Å². The molecule has 1 fully saturated rings. The highest BCUT2D eigenvalue weighted by Gasteiger charge is 2.24. The maximum Gasteiger partial charge on any atom is 0.319 e. The van der Waals surface area contributed by atoms with E-state index in [1.54, 1.807) is 29.2 Å². The predicted molar refractivity (Wildman–Crippen MR) is 105 cm³/mol. The standard InChI is InChI=1S/C20H22ClN3O3/c21-15-6-8-18(9-7-15)27-14-19(25)24-12-10-17(11-13-24)23-20(26)22-16-4-2-1-3-5-16/h1-9,17H,10-14H2,(H2,22,23,26). The van der Waals surface area contributed by atoms with Gasteiger partial charge in [-0.05, 0) is 49.2 Å². The third-order valence-corrected chi connectivity index (χ3v) is 4.64. The molecule has 2 aromatic rings. The number of amides is 3. The number of likely N-dealkylation sites (tertiary alicyclic amines) is 1. The van der Waals surface area contributed by atoms with Gasteiger partial charge < -0.3 is 20.3 Å². The molecule has 1 heterocycles. The van der Waals surface area contributed by atoms with Crippen molar-refractivity contribution in [2.24, 2.45) is 0 Å². The first-order valence-electron chi connectivity index (χ1n) is 8.89. The van der Waals surface area contributed by atoms with Crippen molar-refractivity contribution in [3.8, 4) is 5.75 Å². The highest BCUT2D eigenvalue weighted by Crippen LogP contribution is 2.16. The van der Waals surface area contributed by atoms with Crippen LogP contribution in [0.5, 0.6) is 5.75 Å². The van der Waals surface area contributed by atoms with Crippen molar-refractivity contribution < 1.29 is 14.3 Å². The SMILES string of the molecule is O=C(Nc1ccccc1)NC1CCN(C(=O)COc2ccc(Cl)cc2)CC1. The smallest absolute Gasteiger partial charge is 0.319 e. The molecule has 1 saturated heterocycles. The predicted octanol–water partition coefficient (Wildman–Crippen LogP) is 3.53. The van der Waals surface area contributed by atoms with Gasteiger partial charge in [0.25, 0.3) is 5.91 Å². The summed E-state index contributed by atoms with van der Waals surface area (Å²) in [5, 5.41) is 6.39. The number of benzene rings is 2. The highest BCUT2D eigenvalue weighted by atomic mass is 35.5. The number of nitrogens with one attached hydrogen (secondary N) is 2. The average molecular weight is 388 g/mol. The molecule has 1 aliphatic heterocycles. The van der Waals surface area contributed by atoms with Gasteiger partial charge in [0.1, 0.15) is 5.75 Å². The first kappa shape index (κ1) is 19.0. The molecule has 6 nitrogen and oxygen atoms in total. The van der Waals surface area contributed by atoms with E-state index in [1.165, 1.54) is 0 Å². The number of hydrogen-bond donors (Lipinski definition) is 2. The van der Waals surface area contributed by atoms with Gasteiger partial charge in [-0.15, -0.1) is 0 Å². The lowest BCUT2D eigenvalue weighted by molar-refractivity contribution is -0.134. The van der Waals surface area contributed by atoms with Crippen molar-refractivity contribution in [2.75, 3.05) is 25.0 Å². The van der Waals surface area contributed by atoms with E-state index in [0.29, 0.717) is 23.9 Å². The van der Waals surface area contributed by atoms with E-state index >= 15 is 0 Å². The Hall–Kier alpha value is -2.73. The third-order valence-electron chi connectivity index (χ3n) is 4.39. The molecule has 0 radical (unpaired) electrons. The van der Waals surface area contributed by atoms with Crippen LogP contribution in [0.25, 0.3) is 0 Å². The summed E-state index contributed by atoms with van der Waals surface area (Å²) in [6, 6.07) is 16.0. The normalized spacial score (nSPS) is 14.5. The van der Waals surface area contributed by atoms with Gasteiger partial charge in [0.15, 0.2) is 6.61 Å². The molecule has 0 atom stereocenters. The van der Waals surface area contributed by atoms with Crippen molar-refractivity contribution in [1.82, 2.24) is 10.2 Å². The summed E-state index contributed by atoms with van der Waals surface area (Å²) in [7, 11) is 0. The molecule has 2 N–H and O–H groups in total. The molecule has 27 heavy (non-hydrogen) atoms. The number of carbonyl (C=O) groups excluding carboxylic acids is 2. The van der Waals surface area contributed by atoms with Crippen LogP contribution in [0.3, 0.4) is 0 Å². The Morgan fingerprint density at radius 1 is 1.04 bits per heavy atom. The van der Waals surface area contributed by atoms with Gasteiger partial charge in [-0.25, -0.2) is 4.79 Å². The first-order valence-corrected chi connectivity index (χ1v) is 9.26. The molecule has 1 aliphatic rings. The number of para-hydroxylation sites is 1. The summed E-state index contributed by atoms with van der Waals surface area (Å²) < 4.78 is 5.50. The fourth-order valence-corrected chi connectivity index (χ4v) is 3.04. The van der Waals surface area contributed by atoms with Crippen molar-refractivity contribution in [1.29, 1.82) is 0 Å². The van der Waals surface area contributed by atoms with Gasteiger partial charge in [0.2, 0.25) is 0 Å². The van der Waals surface area contributed by atoms with Gasteiger partial charge in [0, 0.05) is 29.8 Å². The van der Waals surface area contributed by atoms with E-state index in [4.69, 9.17) is 16.3 Å². The molecule has 0 aromatic heterocycles. The zero-order valence-corrected chi connectivity index (χ0v) is 15.6. The van der Waals surface area contributed by atoms with Crippen molar-refractivity contribution >= 4 is 29.2 Å². The lowest BCUT2D eigenvalue weighted by atomic mass is 10.1. The van der Waals surface area contributed by atoms with Crippen LogP contribution in [-0.2, 0) is 4.79 Å². The zero-order valence-electron chi connectivity index (χ0n) is 14.9. The van der Waals surface area contributed by atoms with Crippen molar-refractivity contribution in [2.45, 2.75) is 18.9 Å². The fraction of sp³-hybridized carbons (Fsp3) is 0.300. The molecule has 0 aliphatic carbocycles. The molecule has 0 saturated carbocycles. The first-order chi connectivity index (χ1) is 13.1. The lowest BCUT2D eigenvalue weighted by Crippen LogP contribution is -2.48. The monoisotopic (exact) mass is 387 g/mol. The molecule has 3 rings (SSSR count). The number of urea groups is 1. The van der Waals surface area contributed by atoms with Gasteiger partial charge in [-0.2, -0.15) is 0 Å². The van der Waals surface area contributed by atoms with Gasteiger partial charge in [-0.3, -0.25) is 4.79 Å². The number of halogens is 1. The molecular weight excluding hydrogens is 366 g/mol. The van der Waals surface area contributed by atoms with Crippen LogP contribution in [0.2, 0.25) is 5.02 Å². The lowest BCUT2D eigenvalue weighted by Gasteiger charge is -2.32. The Morgan fingerprint density at radius 2 is 1.70 bits per heavy atom. The van der Waals surface area contributed by atoms with Gasteiger partial charge in [0.05, 0.1) is 0 Å². The molecule has 0 spiro atoms. The van der Waals surface area contributed by atoms with Crippen LogP contribution in [0, 0.1) is 0 Å². The number of anilines is 1. The second kappa shape index (κ2) is 9.28. The molecule has 3 amide bonds. The topological polar surface area (TPSA) is 70.7 Å². The van der Waals surface area contributed by atoms with Crippen LogP contribution in [-0.4, -0.2) is 42.6 Å². The summed E-state index contributed by atoms with van der Waals surface area (Å²) in [6.45, 7) is 1.19. The van der Waals surface area contributed by atoms with Crippen LogP contribution >= 0.6 is 11.6 Å². The fourth-order valence-electron chi connectivity index (χ4n) is 2.91. The summed E-state index contributed by atoms with van der Waals surface area (Å²) in [6.07, 6.45) is 1.43. The molecule has 0 bridgehead atoms. The highest BCUT2D eigenvalue weighted by molar-refractivity contribution is 6.30. The molecule has 7 heteroatoms. The van der Waals surface area contributed by atoms with E-state index in [1.807, 2.05) is 30.3 Å². The number of nitrogens with zero attached hydrogens (tertiary/aromatic N) is 1. The number of carbonyl (C=O) groups is 2. The Kier molecular flexibility index (Phi) is 6.54. The second-order valence-corrected chi connectivity index (χ2v) is 6.80. The van der Waals surface area contributed by atoms with Crippen LogP contribution in [0.15, 0.2) is 54.6 Å². The maximum atomic E-state index is 12.3. The Balaban J connectivity index is 1.38.